The third-order valence-electron chi connectivity index (χ3n) is 6.21. The summed E-state index contributed by atoms with van der Waals surface area (Å²) in [6.45, 7) is 5.22. The van der Waals surface area contributed by atoms with Gasteiger partial charge in [-0.25, -0.2) is 9.98 Å². The molecule has 12 heteroatoms. The minimum absolute atomic E-state index is 0.111. The van der Waals surface area contributed by atoms with Crippen LogP contribution < -0.4 is 10.6 Å². The number of aliphatic imine (C=N–C) groups is 2. The molecule has 188 valence electrons. The zero-order chi connectivity index (χ0) is 26.9. The molecule has 6 nitrogen and oxygen atoms in total. The molecule has 2 aliphatic heterocycles. The van der Waals surface area contributed by atoms with Gasteiger partial charge in [0.1, 0.15) is 11.7 Å². The van der Waals surface area contributed by atoms with E-state index in [0.717, 1.165) is 0 Å². The SMILES string of the molecule is Cc1c(N=C2NC(=O)c3c(Cl)c(Cl)c(C)c(Cl)c32)cccc1N=C1NC(=O)c2c(Cl)c(Cl)c(C)c(Cl)c21. The molecule has 0 atom stereocenters. The second kappa shape index (κ2) is 9.45. The standard InChI is InChI=1S/C25H14Cl6N4O2/c1-7-10(32-22-12-14(24(36)34-22)20(30)18(28)8(2)16(12)26)5-4-6-11(7)33-23-13-15(25(37)35-23)21(31)19(29)9(3)17(13)27/h4-6H,1-3H3,(H,32,34,36)(H,33,35,37). The third kappa shape index (κ3) is 4.02. The molecule has 2 heterocycles. The van der Waals surface area contributed by atoms with Crippen LogP contribution in [0.2, 0.25) is 30.1 Å². The summed E-state index contributed by atoms with van der Waals surface area (Å²) in [4.78, 5) is 34.6. The van der Waals surface area contributed by atoms with E-state index in [0.29, 0.717) is 39.2 Å². The minimum Gasteiger partial charge on any atom is -0.306 e. The fraction of sp³-hybridized carbons (Fsp3) is 0.120. The molecule has 0 spiro atoms. The zero-order valence-corrected chi connectivity index (χ0v) is 23.7. The lowest BCUT2D eigenvalue weighted by atomic mass is 10.0. The van der Waals surface area contributed by atoms with E-state index in [4.69, 9.17) is 69.6 Å². The molecular weight excluding hydrogens is 601 g/mol. The van der Waals surface area contributed by atoms with Crippen LogP contribution >= 0.6 is 69.6 Å². The normalized spacial score (nSPS) is 16.4. The van der Waals surface area contributed by atoms with Gasteiger partial charge in [-0.2, -0.15) is 0 Å². The van der Waals surface area contributed by atoms with E-state index in [1.807, 2.05) is 0 Å². The van der Waals surface area contributed by atoms with Gasteiger partial charge in [0.25, 0.3) is 11.8 Å². The van der Waals surface area contributed by atoms with Crippen LogP contribution in [0, 0.1) is 20.8 Å². The molecule has 2 amide bonds. The van der Waals surface area contributed by atoms with Gasteiger partial charge in [0.15, 0.2) is 0 Å². The van der Waals surface area contributed by atoms with Crippen LogP contribution in [0.1, 0.15) is 48.5 Å². The van der Waals surface area contributed by atoms with Crippen LogP contribution in [0.5, 0.6) is 0 Å². The fourth-order valence-electron chi connectivity index (χ4n) is 4.15. The average Bonchev–Trinajstić information content (AvgIpc) is 3.36. The van der Waals surface area contributed by atoms with E-state index in [-0.39, 0.29) is 52.9 Å². The molecule has 37 heavy (non-hydrogen) atoms. The molecule has 0 saturated carbocycles. The van der Waals surface area contributed by atoms with E-state index in [1.54, 1.807) is 39.0 Å². The lowest BCUT2D eigenvalue weighted by Gasteiger charge is -2.11. The predicted octanol–water partition coefficient (Wildman–Crippen LogP) is 8.18. The monoisotopic (exact) mass is 612 g/mol. The summed E-state index contributed by atoms with van der Waals surface area (Å²) >= 11 is 38.2. The molecule has 0 saturated heterocycles. The van der Waals surface area contributed by atoms with Crippen LogP contribution in [0.15, 0.2) is 28.2 Å². The number of hydrogen-bond donors (Lipinski definition) is 2. The number of rotatable bonds is 2. The van der Waals surface area contributed by atoms with Gasteiger partial charge in [0.2, 0.25) is 0 Å². The summed E-state index contributed by atoms with van der Waals surface area (Å²) in [6.07, 6.45) is 0. The Hall–Kier alpha value is -2.32. The quantitative estimate of drug-likeness (QED) is 0.285. The summed E-state index contributed by atoms with van der Waals surface area (Å²) in [7, 11) is 0. The van der Waals surface area contributed by atoms with Crippen molar-refractivity contribution in [1.82, 2.24) is 10.6 Å². The number of halogens is 6. The fourth-order valence-corrected chi connectivity index (χ4v) is 5.83. The molecule has 0 unspecified atom stereocenters. The Labute approximate surface area is 241 Å². The van der Waals surface area contributed by atoms with E-state index in [9.17, 15) is 9.59 Å². The molecule has 3 aromatic rings. The number of hydrogen-bond acceptors (Lipinski definition) is 4. The highest BCUT2D eigenvalue weighted by atomic mass is 35.5. The summed E-state index contributed by atoms with van der Waals surface area (Å²) in [5, 5.41) is 6.63. The van der Waals surface area contributed by atoms with Crippen LogP contribution in [0.25, 0.3) is 0 Å². The van der Waals surface area contributed by atoms with Gasteiger partial charge in [-0.05, 0) is 44.0 Å². The molecule has 2 aliphatic rings. The van der Waals surface area contributed by atoms with Gasteiger partial charge < -0.3 is 10.6 Å². The van der Waals surface area contributed by atoms with Gasteiger partial charge in [-0.15, -0.1) is 0 Å². The Bertz CT molecular complexity index is 1540. The van der Waals surface area contributed by atoms with Crippen molar-refractivity contribution < 1.29 is 9.59 Å². The van der Waals surface area contributed by atoms with Gasteiger partial charge in [0.05, 0.1) is 63.8 Å². The minimum atomic E-state index is -0.456. The van der Waals surface area contributed by atoms with Gasteiger partial charge in [0, 0.05) is 5.56 Å². The first kappa shape index (κ1) is 26.3. The molecule has 5 rings (SSSR count). The summed E-state index contributed by atoms with van der Waals surface area (Å²) in [5.41, 5.74) is 3.83. The Morgan fingerprint density at radius 1 is 0.541 bits per heavy atom. The Morgan fingerprint density at radius 3 is 1.30 bits per heavy atom. The number of carbonyl (C=O) groups is 2. The largest absolute Gasteiger partial charge is 0.306 e. The maximum Gasteiger partial charge on any atom is 0.259 e. The van der Waals surface area contributed by atoms with Crippen molar-refractivity contribution in [3.63, 3.8) is 0 Å². The highest BCUT2D eigenvalue weighted by Gasteiger charge is 2.35. The van der Waals surface area contributed by atoms with Gasteiger partial charge >= 0.3 is 0 Å². The van der Waals surface area contributed by atoms with E-state index < -0.39 is 11.8 Å². The van der Waals surface area contributed by atoms with E-state index in [1.165, 1.54) is 0 Å². The number of fused-ring (bicyclic) bond motifs is 2. The van der Waals surface area contributed by atoms with Crippen molar-refractivity contribution in [2.24, 2.45) is 9.98 Å². The third-order valence-corrected chi connectivity index (χ3v) is 9.05. The first-order valence-corrected chi connectivity index (χ1v) is 12.9. The molecule has 3 aromatic carbocycles. The lowest BCUT2D eigenvalue weighted by molar-refractivity contribution is 0.0975. The second-order valence-corrected chi connectivity index (χ2v) is 10.7. The number of carbonyl (C=O) groups excluding carboxylic acids is 2. The van der Waals surface area contributed by atoms with E-state index >= 15 is 0 Å². The molecule has 2 N–H and O–H groups in total. The molecule has 0 aromatic heterocycles. The summed E-state index contributed by atoms with van der Waals surface area (Å²) in [6, 6.07) is 5.25. The van der Waals surface area contributed by atoms with Gasteiger partial charge in [-0.1, -0.05) is 75.7 Å². The number of amides is 2. The predicted molar refractivity (Wildman–Crippen MR) is 151 cm³/mol. The van der Waals surface area contributed by atoms with Crippen molar-refractivity contribution in [2.45, 2.75) is 20.8 Å². The van der Waals surface area contributed by atoms with Crippen molar-refractivity contribution in [1.29, 1.82) is 0 Å². The number of amidine groups is 2. The first-order valence-electron chi connectivity index (χ1n) is 10.7. The highest BCUT2D eigenvalue weighted by molar-refractivity contribution is 6.50. The van der Waals surface area contributed by atoms with Crippen molar-refractivity contribution >= 4 is 104 Å². The second-order valence-electron chi connectivity index (χ2n) is 8.38. The van der Waals surface area contributed by atoms with Crippen LogP contribution in [-0.2, 0) is 0 Å². The molecule has 0 fully saturated rings. The maximum absolute atomic E-state index is 12.7. The Balaban J connectivity index is 1.64. The first-order chi connectivity index (χ1) is 17.4. The van der Waals surface area contributed by atoms with Crippen LogP contribution in [0.3, 0.4) is 0 Å². The molecule has 0 radical (unpaired) electrons. The van der Waals surface area contributed by atoms with Crippen LogP contribution in [-0.4, -0.2) is 23.5 Å². The highest BCUT2D eigenvalue weighted by Crippen LogP contribution is 2.42. The van der Waals surface area contributed by atoms with Crippen LogP contribution in [0.4, 0.5) is 11.4 Å². The maximum atomic E-state index is 12.7. The molecular formula is C25H14Cl6N4O2. The van der Waals surface area contributed by atoms with Crippen molar-refractivity contribution in [2.75, 3.05) is 0 Å². The van der Waals surface area contributed by atoms with Crippen molar-refractivity contribution in [3.05, 3.63) is 87.3 Å². The number of benzene rings is 3. The Kier molecular flexibility index (Phi) is 6.72. The number of nitrogens with one attached hydrogen (secondary N) is 2. The summed E-state index contributed by atoms with van der Waals surface area (Å²) < 4.78 is 0. The van der Waals surface area contributed by atoms with Crippen molar-refractivity contribution in [3.8, 4) is 0 Å². The molecule has 0 aliphatic carbocycles. The van der Waals surface area contributed by atoms with Gasteiger partial charge in [-0.3, -0.25) is 9.59 Å². The van der Waals surface area contributed by atoms with E-state index in [2.05, 4.69) is 20.6 Å². The average molecular weight is 615 g/mol. The lowest BCUT2D eigenvalue weighted by Crippen LogP contribution is -2.21. The smallest absolute Gasteiger partial charge is 0.259 e. The zero-order valence-electron chi connectivity index (χ0n) is 19.2. The summed E-state index contributed by atoms with van der Waals surface area (Å²) in [5.74, 6) is -0.441. The number of nitrogens with zero attached hydrogens (tertiary/aromatic N) is 2. The topological polar surface area (TPSA) is 82.9 Å². The molecule has 0 bridgehead atoms. The Morgan fingerprint density at radius 2 is 0.919 bits per heavy atom.